The number of nitrogens with one attached hydrogen (secondary N) is 1. The van der Waals surface area contributed by atoms with Crippen LogP contribution in [0.1, 0.15) is 35.2 Å². The fraction of sp³-hybridized carbons (Fsp3) is 0.294. The first kappa shape index (κ1) is 16.0. The van der Waals surface area contributed by atoms with E-state index >= 15 is 0 Å². The second-order valence-corrected chi connectivity index (χ2v) is 6.28. The molecular weight excluding hydrogens is 336 g/mol. The highest BCUT2D eigenvalue weighted by Gasteiger charge is 2.16. The van der Waals surface area contributed by atoms with E-state index in [0.29, 0.717) is 4.47 Å². The van der Waals surface area contributed by atoms with Crippen molar-refractivity contribution in [3.63, 3.8) is 0 Å². The summed E-state index contributed by atoms with van der Waals surface area (Å²) in [4.78, 5) is 0. The van der Waals surface area contributed by atoms with Gasteiger partial charge in [-0.1, -0.05) is 17.7 Å². The molecule has 112 valence electrons. The Bertz CT molecular complexity index is 636. The van der Waals surface area contributed by atoms with Crippen molar-refractivity contribution >= 4 is 21.6 Å². The van der Waals surface area contributed by atoms with Gasteiger partial charge in [-0.25, -0.2) is 8.78 Å². The number of benzene rings is 2. The fourth-order valence-corrected chi connectivity index (χ4v) is 3.37. The number of anilines is 1. The molecule has 2 rings (SSSR count). The number of hydrogen-bond acceptors (Lipinski definition) is 1. The molecule has 2 aromatic carbocycles. The maximum absolute atomic E-state index is 13.9. The maximum atomic E-state index is 13.9. The van der Waals surface area contributed by atoms with E-state index in [2.05, 4.69) is 40.3 Å². The molecule has 0 amide bonds. The molecule has 2 aromatic rings. The summed E-state index contributed by atoms with van der Waals surface area (Å²) < 4.78 is 27.4. The van der Waals surface area contributed by atoms with E-state index in [1.54, 1.807) is 0 Å². The molecule has 0 aliphatic heterocycles. The first-order valence-electron chi connectivity index (χ1n) is 6.78. The molecule has 0 saturated heterocycles. The van der Waals surface area contributed by atoms with Crippen LogP contribution in [0.3, 0.4) is 0 Å². The third kappa shape index (κ3) is 3.43. The Balaban J connectivity index is 2.37. The molecule has 0 saturated carbocycles. The van der Waals surface area contributed by atoms with E-state index in [1.807, 2.05) is 20.8 Å². The summed E-state index contributed by atoms with van der Waals surface area (Å²) in [6.45, 7) is 8.12. The first-order chi connectivity index (χ1) is 9.79. The van der Waals surface area contributed by atoms with Crippen LogP contribution in [-0.2, 0) is 0 Å². The zero-order valence-corrected chi connectivity index (χ0v) is 14.1. The SMILES string of the molecule is Cc1cc(C)c(C(C)Nc2c(F)cc(F)cc2Br)c(C)c1. The van der Waals surface area contributed by atoms with E-state index in [9.17, 15) is 8.78 Å². The first-order valence-corrected chi connectivity index (χ1v) is 7.57. The zero-order valence-electron chi connectivity index (χ0n) is 12.5. The van der Waals surface area contributed by atoms with Gasteiger partial charge >= 0.3 is 0 Å². The lowest BCUT2D eigenvalue weighted by atomic mass is 9.95. The fourth-order valence-electron chi connectivity index (χ4n) is 2.84. The third-order valence-corrected chi connectivity index (χ3v) is 4.16. The Morgan fingerprint density at radius 1 is 1.00 bits per heavy atom. The van der Waals surface area contributed by atoms with Crippen molar-refractivity contribution < 1.29 is 8.78 Å². The third-order valence-electron chi connectivity index (χ3n) is 3.54. The van der Waals surface area contributed by atoms with Crippen molar-refractivity contribution in [1.29, 1.82) is 0 Å². The Kier molecular flexibility index (Phi) is 4.67. The molecule has 1 atom stereocenters. The van der Waals surface area contributed by atoms with E-state index in [-0.39, 0.29) is 11.7 Å². The standard InChI is InChI=1S/C17H18BrF2N/c1-9-5-10(2)16(11(3)6-9)12(4)21-17-14(18)7-13(19)8-15(17)20/h5-8,12,21H,1-4H3. The highest BCUT2D eigenvalue weighted by molar-refractivity contribution is 9.10. The van der Waals surface area contributed by atoms with E-state index in [1.165, 1.54) is 11.6 Å². The molecule has 21 heavy (non-hydrogen) atoms. The summed E-state index contributed by atoms with van der Waals surface area (Å²) >= 11 is 3.21. The highest BCUT2D eigenvalue weighted by Crippen LogP contribution is 2.32. The second kappa shape index (κ2) is 6.14. The molecule has 0 radical (unpaired) electrons. The number of halogens is 3. The predicted octanol–water partition coefficient (Wildman–Crippen LogP) is 5.83. The van der Waals surface area contributed by atoms with Crippen molar-refractivity contribution in [2.75, 3.05) is 5.32 Å². The van der Waals surface area contributed by atoms with Gasteiger partial charge in [-0.2, -0.15) is 0 Å². The van der Waals surface area contributed by atoms with Crippen LogP contribution in [0.4, 0.5) is 14.5 Å². The van der Waals surface area contributed by atoms with Crippen molar-refractivity contribution in [3.05, 3.63) is 62.6 Å². The lowest BCUT2D eigenvalue weighted by Crippen LogP contribution is -2.12. The minimum Gasteiger partial charge on any atom is -0.375 e. The molecule has 0 heterocycles. The van der Waals surface area contributed by atoms with Crippen molar-refractivity contribution in [2.24, 2.45) is 0 Å². The molecule has 0 aliphatic carbocycles. The van der Waals surface area contributed by atoms with Gasteiger partial charge in [0.15, 0.2) is 0 Å². The van der Waals surface area contributed by atoms with Gasteiger partial charge in [0.25, 0.3) is 0 Å². The summed E-state index contributed by atoms with van der Waals surface area (Å²) in [5, 5.41) is 3.13. The predicted molar refractivity (Wildman–Crippen MR) is 86.7 cm³/mol. The quantitative estimate of drug-likeness (QED) is 0.732. The number of aryl methyl sites for hydroxylation is 3. The molecule has 0 aromatic heterocycles. The van der Waals surface area contributed by atoms with E-state index in [4.69, 9.17) is 0 Å². The summed E-state index contributed by atoms with van der Waals surface area (Å²) in [5.74, 6) is -1.20. The lowest BCUT2D eigenvalue weighted by Gasteiger charge is -2.22. The number of rotatable bonds is 3. The van der Waals surface area contributed by atoms with Crippen LogP contribution in [-0.4, -0.2) is 0 Å². The van der Waals surface area contributed by atoms with Gasteiger partial charge in [-0.15, -0.1) is 0 Å². The van der Waals surface area contributed by atoms with Gasteiger partial charge in [-0.05, 0) is 66.4 Å². The van der Waals surface area contributed by atoms with Crippen LogP contribution in [0.5, 0.6) is 0 Å². The molecular formula is C17H18BrF2N. The van der Waals surface area contributed by atoms with Crippen molar-refractivity contribution in [1.82, 2.24) is 0 Å². The summed E-state index contributed by atoms with van der Waals surface area (Å²) in [7, 11) is 0. The molecule has 4 heteroatoms. The monoisotopic (exact) mass is 353 g/mol. The van der Waals surface area contributed by atoms with Crippen molar-refractivity contribution in [3.8, 4) is 0 Å². The topological polar surface area (TPSA) is 12.0 Å². The average Bonchev–Trinajstić information content (AvgIpc) is 2.32. The second-order valence-electron chi connectivity index (χ2n) is 5.42. The summed E-state index contributed by atoms with van der Waals surface area (Å²) in [5.41, 5.74) is 4.94. The van der Waals surface area contributed by atoms with Gasteiger partial charge in [0.2, 0.25) is 0 Å². The molecule has 1 nitrogen and oxygen atoms in total. The molecule has 0 aliphatic rings. The Labute approximate surface area is 132 Å². The molecule has 1 unspecified atom stereocenters. The van der Waals surface area contributed by atoms with Gasteiger partial charge in [0.05, 0.1) is 5.69 Å². The Morgan fingerprint density at radius 3 is 2.10 bits per heavy atom. The normalized spacial score (nSPS) is 12.3. The van der Waals surface area contributed by atoms with E-state index in [0.717, 1.165) is 22.8 Å². The minimum absolute atomic E-state index is 0.0816. The van der Waals surface area contributed by atoms with Crippen LogP contribution in [0.2, 0.25) is 0 Å². The van der Waals surface area contributed by atoms with Gasteiger partial charge in [-0.3, -0.25) is 0 Å². The molecule has 0 fully saturated rings. The van der Waals surface area contributed by atoms with E-state index < -0.39 is 11.6 Å². The Hall–Kier alpha value is -1.42. The molecule has 0 spiro atoms. The largest absolute Gasteiger partial charge is 0.375 e. The zero-order chi connectivity index (χ0) is 15.7. The van der Waals surface area contributed by atoms with Crippen LogP contribution in [0.25, 0.3) is 0 Å². The Morgan fingerprint density at radius 2 is 1.57 bits per heavy atom. The summed E-state index contributed by atoms with van der Waals surface area (Å²) in [6, 6.07) is 6.27. The van der Waals surface area contributed by atoms with Crippen LogP contribution in [0, 0.1) is 32.4 Å². The van der Waals surface area contributed by atoms with Crippen molar-refractivity contribution in [2.45, 2.75) is 33.7 Å². The summed E-state index contributed by atoms with van der Waals surface area (Å²) in [6.07, 6.45) is 0. The average molecular weight is 354 g/mol. The highest BCUT2D eigenvalue weighted by atomic mass is 79.9. The smallest absolute Gasteiger partial charge is 0.150 e. The minimum atomic E-state index is -0.601. The number of hydrogen-bond donors (Lipinski definition) is 1. The van der Waals surface area contributed by atoms with Gasteiger partial charge in [0, 0.05) is 16.6 Å². The van der Waals surface area contributed by atoms with Crippen LogP contribution in [0.15, 0.2) is 28.7 Å². The lowest BCUT2D eigenvalue weighted by molar-refractivity contribution is 0.582. The van der Waals surface area contributed by atoms with Crippen LogP contribution >= 0.6 is 15.9 Å². The molecule has 0 bridgehead atoms. The van der Waals surface area contributed by atoms with Gasteiger partial charge in [0.1, 0.15) is 11.6 Å². The maximum Gasteiger partial charge on any atom is 0.150 e. The molecule has 1 N–H and O–H groups in total. The van der Waals surface area contributed by atoms with Gasteiger partial charge < -0.3 is 5.32 Å². The van der Waals surface area contributed by atoms with Crippen LogP contribution < -0.4 is 5.32 Å².